The van der Waals surface area contributed by atoms with Crippen molar-refractivity contribution in [2.45, 2.75) is 58.6 Å². The normalized spacial score (nSPS) is 16.4. The fraction of sp³-hybridized carbons (Fsp3) is 0.156. The van der Waals surface area contributed by atoms with Gasteiger partial charge in [0.05, 0.1) is 36.0 Å². The van der Waals surface area contributed by atoms with Crippen LogP contribution in [0, 0.1) is 18.3 Å². The number of carbonyl (C=O) groups excluding carboxylic acids is 3. The van der Waals surface area contributed by atoms with E-state index >= 15 is 0 Å². The molecule has 0 unspecified atom stereocenters. The van der Waals surface area contributed by atoms with E-state index in [1.54, 1.807) is 131 Å². The van der Waals surface area contributed by atoms with Crippen molar-refractivity contribution in [2.75, 3.05) is 34.3 Å². The maximum atomic E-state index is 12.7. The molecule has 3 aliphatic heterocycles. The number of anilines is 3. The van der Waals surface area contributed by atoms with E-state index in [9.17, 15) is 44.9 Å². The van der Waals surface area contributed by atoms with Gasteiger partial charge in [0.2, 0.25) is 64.8 Å². The summed E-state index contributed by atoms with van der Waals surface area (Å²) in [5.74, 6) is 1.73. The molecule has 3 saturated heterocycles. The van der Waals surface area contributed by atoms with Gasteiger partial charge in [-0.15, -0.1) is 0 Å². The van der Waals surface area contributed by atoms with Gasteiger partial charge in [-0.25, -0.2) is 50.6 Å². The monoisotopic (exact) mass is 1400 g/mol. The highest BCUT2D eigenvalue weighted by Crippen LogP contribution is 2.41. The summed E-state index contributed by atoms with van der Waals surface area (Å²) in [6.07, 6.45) is 7.19. The lowest BCUT2D eigenvalue weighted by Gasteiger charge is -2.18. The third-order valence-corrected chi connectivity index (χ3v) is 19.1. The van der Waals surface area contributed by atoms with Crippen molar-refractivity contribution in [1.82, 2.24) is 19.9 Å². The van der Waals surface area contributed by atoms with Crippen LogP contribution in [-0.2, 0) is 44.5 Å². The number of hydrogen-bond acceptors (Lipinski definition) is 17. The van der Waals surface area contributed by atoms with Crippen molar-refractivity contribution in [3.8, 4) is 40.8 Å². The summed E-state index contributed by atoms with van der Waals surface area (Å²) < 4.78 is 86.2. The Morgan fingerprint density at radius 1 is 0.489 bits per heavy atom. The number of sulfonamides is 3. The van der Waals surface area contributed by atoms with Crippen LogP contribution in [-0.4, -0.2) is 82.5 Å². The Morgan fingerprint density at radius 3 is 1.24 bits per heavy atom. The minimum absolute atomic E-state index is 0.00402. The Kier molecular flexibility index (Phi) is 20.6. The Morgan fingerprint density at radius 2 is 0.872 bits per heavy atom. The van der Waals surface area contributed by atoms with E-state index < -0.39 is 30.1 Å². The molecule has 23 nitrogen and oxygen atoms in total. The number of nitrogens with zero attached hydrogens (tertiary/aromatic N) is 8. The van der Waals surface area contributed by atoms with E-state index in [1.165, 1.54) is 42.6 Å². The van der Waals surface area contributed by atoms with E-state index in [1.807, 2.05) is 30.3 Å². The number of aromatic nitrogens is 4. The number of primary sulfonamides is 3. The molecule has 12 rings (SSSR count). The zero-order valence-electron chi connectivity index (χ0n) is 49.2. The second-order valence-electron chi connectivity index (χ2n) is 21.5. The predicted molar refractivity (Wildman–Crippen MR) is 352 cm³/mol. The predicted octanol–water partition coefficient (Wildman–Crippen LogP) is 11.3. The molecule has 6 aromatic carbocycles. The van der Waals surface area contributed by atoms with Crippen molar-refractivity contribution in [2.24, 2.45) is 15.4 Å². The van der Waals surface area contributed by atoms with E-state index in [4.69, 9.17) is 76.0 Å². The fourth-order valence-corrected chi connectivity index (χ4v) is 12.5. The van der Waals surface area contributed by atoms with Gasteiger partial charge < -0.3 is 28.9 Å². The van der Waals surface area contributed by atoms with Crippen LogP contribution in [0.4, 0.5) is 17.1 Å². The minimum Gasteiger partial charge on any atom is -0.454 e. The summed E-state index contributed by atoms with van der Waals surface area (Å²) in [5.41, 5.74) is 5.42. The number of carbonyl (C=O) groups is 3. The lowest BCUT2D eigenvalue weighted by molar-refractivity contribution is -0.118. The molecule has 0 saturated carbocycles. The summed E-state index contributed by atoms with van der Waals surface area (Å²) in [4.78, 5) is 58.8. The quantitative estimate of drug-likeness (QED) is 0.0803. The summed E-state index contributed by atoms with van der Waals surface area (Å²) in [7, 11) is -11.4. The molecule has 0 aliphatic carbocycles. The number of amides is 3. The first-order chi connectivity index (χ1) is 44.7. The van der Waals surface area contributed by atoms with Crippen LogP contribution in [0.1, 0.15) is 64.8 Å². The fourth-order valence-electron chi connectivity index (χ4n) is 10.4. The number of ether oxygens (including phenoxy) is 3. The molecule has 3 amide bonds. The number of nitrogens with two attached hydrogens (primary N) is 3. The molecule has 482 valence electrons. The van der Waals surface area contributed by atoms with Gasteiger partial charge in [-0.05, 0) is 169 Å². The molecule has 3 aromatic heterocycles. The highest BCUT2D eigenvalue weighted by molar-refractivity contribution is 7.89. The Labute approximate surface area is 560 Å². The third kappa shape index (κ3) is 16.4. The molecule has 0 spiro atoms. The number of aryl methyl sites for hydroxylation is 1. The molecule has 0 radical (unpaired) electrons. The summed E-state index contributed by atoms with van der Waals surface area (Å²) >= 11 is 24.7. The molecular weight excluding hydrogens is 1350 g/mol. The van der Waals surface area contributed by atoms with Crippen LogP contribution < -0.4 is 44.3 Å². The number of halogens is 4. The third-order valence-electron chi connectivity index (χ3n) is 15.1. The van der Waals surface area contributed by atoms with Crippen LogP contribution in [0.3, 0.4) is 0 Å². The van der Waals surface area contributed by atoms with Gasteiger partial charge in [0.25, 0.3) is 0 Å². The van der Waals surface area contributed by atoms with Gasteiger partial charge in [0.15, 0.2) is 0 Å². The highest BCUT2D eigenvalue weighted by Gasteiger charge is 2.35. The molecule has 0 bridgehead atoms. The topological polar surface area (TPSA) is 344 Å². The number of rotatable bonds is 15. The van der Waals surface area contributed by atoms with E-state index in [-0.39, 0.29) is 79.7 Å². The smallest absolute Gasteiger partial charge is 0.238 e. The second kappa shape index (κ2) is 28.6. The molecule has 30 heteroatoms. The zero-order valence-corrected chi connectivity index (χ0v) is 54.6. The maximum absolute atomic E-state index is 12.7. The molecule has 94 heavy (non-hydrogen) atoms. The Balaban J connectivity index is 0.000000154. The Bertz CT molecular complexity index is 4770. The van der Waals surface area contributed by atoms with Crippen molar-refractivity contribution in [3.05, 3.63) is 225 Å². The van der Waals surface area contributed by atoms with E-state index in [0.29, 0.717) is 92.6 Å². The van der Waals surface area contributed by atoms with Crippen molar-refractivity contribution in [3.63, 3.8) is 0 Å². The van der Waals surface area contributed by atoms with Crippen molar-refractivity contribution < 1.29 is 53.8 Å². The first-order valence-electron chi connectivity index (χ1n) is 28.1. The van der Waals surface area contributed by atoms with E-state index in [0.717, 1.165) is 16.7 Å². The van der Waals surface area contributed by atoms with Crippen LogP contribution >= 0.6 is 46.4 Å². The molecule has 6 heterocycles. The molecule has 3 fully saturated rings. The van der Waals surface area contributed by atoms with Crippen molar-refractivity contribution in [1.29, 1.82) is 5.26 Å². The van der Waals surface area contributed by atoms with Crippen LogP contribution in [0.25, 0.3) is 0 Å². The average Bonchev–Trinajstić information content (AvgIpc) is 1.74. The molecule has 6 N–H and O–H groups in total. The van der Waals surface area contributed by atoms with Gasteiger partial charge in [-0.1, -0.05) is 53.0 Å². The molecule has 3 atom stereocenters. The zero-order chi connectivity index (χ0) is 67.2. The van der Waals surface area contributed by atoms with Gasteiger partial charge in [-0.2, -0.15) is 10.2 Å². The summed E-state index contributed by atoms with van der Waals surface area (Å²) in [6.45, 7) is 3.08. The minimum atomic E-state index is -3.81. The van der Waals surface area contributed by atoms with Crippen molar-refractivity contribution >= 4 is 111 Å². The lowest BCUT2D eigenvalue weighted by atomic mass is 9.98. The average molecular weight is 1410 g/mol. The Hall–Kier alpha value is -9.11. The SMILES string of the molecule is Cc1cnc(Cl)nc1Oc1cc([C@H]2CC(=O)N(c3ccc(S(N)(=O)=O)cc3)C2)ccc1Cl.N#Cc1cccnc1Oc1cc([C@H]2CC(=O)N(c3ccc(S(N)(=O)=O)cc3)C2)ccc1Cl.NS(=O)(=O)c1ccc(N2C[C@@H](c3ccc(Cl)c(Oc4cccnc4)c3)CC2=O)cc1. The van der Waals surface area contributed by atoms with Crippen LogP contribution in [0.15, 0.2) is 191 Å². The number of nitriles is 1. The molecule has 3 aliphatic rings. The number of hydrogen-bond donors (Lipinski definition) is 3. The van der Waals surface area contributed by atoms with Gasteiger partial charge in [0, 0.05) is 97.9 Å². The summed E-state index contributed by atoms with van der Waals surface area (Å²) in [5, 5.41) is 25.9. The molecule has 9 aromatic rings. The van der Waals surface area contributed by atoms with Gasteiger partial charge in [-0.3, -0.25) is 19.4 Å². The number of benzene rings is 6. The summed E-state index contributed by atoms with van der Waals surface area (Å²) in [6, 6.07) is 42.5. The first-order valence-corrected chi connectivity index (χ1v) is 34.3. The largest absolute Gasteiger partial charge is 0.454 e. The van der Waals surface area contributed by atoms with Gasteiger partial charge in [0.1, 0.15) is 34.6 Å². The highest BCUT2D eigenvalue weighted by atomic mass is 35.5. The second-order valence-corrected chi connectivity index (χ2v) is 27.7. The lowest BCUT2D eigenvalue weighted by Crippen LogP contribution is -2.24. The van der Waals surface area contributed by atoms with E-state index in [2.05, 4.69) is 19.9 Å². The number of pyridine rings is 2. The van der Waals surface area contributed by atoms with Gasteiger partial charge >= 0.3 is 0 Å². The van der Waals surface area contributed by atoms with Crippen LogP contribution in [0.2, 0.25) is 20.4 Å². The first kappa shape index (κ1) is 67.8. The maximum Gasteiger partial charge on any atom is 0.238 e. The van der Waals surface area contributed by atoms with Crippen LogP contribution in [0.5, 0.6) is 34.8 Å². The standard InChI is InChI=1S/C22H17ClN4O4S.C21H18Cl2N4O4S.C21H18ClN3O4S/c23-19-8-3-14(10-20(19)31-22-15(12-24)2-1-9-26-22)16-11-21(28)27(13-16)17-4-6-18(7-5-17)32(25,29)30;1-12-10-25-21(23)26-20(12)31-18-8-13(2-7-17(18)22)14-9-19(28)27(11-14)15-3-5-16(6-4-15)32(24,29)30;22-19-8-3-14(10-20(19)29-17-2-1-9-24-12-17)15-11-21(26)25(13-15)16-4-6-18(7-5-16)30(23,27)28/h1-10,16H,11,13H2,(H2,25,29,30);2-8,10,14H,9,11H2,1H3,(H2,24,29,30);1-10,12,15H,11,13H2,(H2,23,27,28)/t16-;14-;15-/m000/s1. The molecular formula is C64H53Cl4N11O12S3.